The molecule has 1 aliphatic heterocycles. The second kappa shape index (κ2) is 8.79. The van der Waals surface area contributed by atoms with Crippen LogP contribution in [0.2, 0.25) is 0 Å². The molecule has 1 saturated heterocycles. The highest BCUT2D eigenvalue weighted by molar-refractivity contribution is 5.92. The maximum absolute atomic E-state index is 12.4. The zero-order valence-corrected chi connectivity index (χ0v) is 15.7. The van der Waals surface area contributed by atoms with Crippen LogP contribution in [0.4, 0.5) is 5.69 Å². The Morgan fingerprint density at radius 2 is 1.74 bits per heavy atom. The molecule has 4 N–H and O–H groups in total. The predicted molar refractivity (Wildman–Crippen MR) is 106 cm³/mol. The molecule has 6 heteroatoms. The van der Waals surface area contributed by atoms with E-state index in [2.05, 4.69) is 33.6 Å². The number of hydrazine groups is 1. The third-order valence-corrected chi connectivity index (χ3v) is 4.63. The molecule has 142 valence electrons. The second-order valence-electron chi connectivity index (χ2n) is 7.10. The fourth-order valence-electron chi connectivity index (χ4n) is 2.94. The average Bonchev–Trinajstić information content (AvgIpc) is 3.18. The lowest BCUT2D eigenvalue weighted by atomic mass is 10.0. The lowest BCUT2D eigenvalue weighted by Gasteiger charge is -2.12. The highest BCUT2D eigenvalue weighted by Crippen LogP contribution is 2.21. The van der Waals surface area contributed by atoms with Gasteiger partial charge >= 0.3 is 0 Å². The molecule has 0 bridgehead atoms. The van der Waals surface area contributed by atoms with Crippen molar-refractivity contribution in [1.82, 2.24) is 16.2 Å². The summed E-state index contributed by atoms with van der Waals surface area (Å²) in [4.78, 5) is 24.1. The van der Waals surface area contributed by atoms with E-state index >= 15 is 0 Å². The van der Waals surface area contributed by atoms with Gasteiger partial charge in [-0.3, -0.25) is 9.59 Å². The van der Waals surface area contributed by atoms with E-state index in [0.29, 0.717) is 13.0 Å². The minimum Gasteiger partial charge on any atom is -0.351 e. The molecule has 1 aliphatic rings. The van der Waals surface area contributed by atoms with Crippen molar-refractivity contribution in [1.29, 1.82) is 0 Å². The molecule has 0 spiro atoms. The zero-order chi connectivity index (χ0) is 19.2. The van der Waals surface area contributed by atoms with Crippen molar-refractivity contribution in [2.75, 3.05) is 5.32 Å². The number of rotatable bonds is 6. The van der Waals surface area contributed by atoms with Crippen LogP contribution in [0, 0.1) is 5.92 Å². The minimum absolute atomic E-state index is 0.0103. The highest BCUT2D eigenvalue weighted by Gasteiger charge is 2.29. The number of nitrogens with one attached hydrogen (secondary N) is 4. The average molecular weight is 366 g/mol. The number of anilines is 1. The molecule has 2 aromatic rings. The fraction of sp³-hybridized carbons (Fsp3) is 0.333. The number of carbonyl (C=O) groups excluding carboxylic acids is 2. The number of benzene rings is 2. The summed E-state index contributed by atoms with van der Waals surface area (Å²) >= 11 is 0. The summed E-state index contributed by atoms with van der Waals surface area (Å²) < 4.78 is 0. The van der Waals surface area contributed by atoms with Crippen LogP contribution in [0.3, 0.4) is 0 Å². The summed E-state index contributed by atoms with van der Waals surface area (Å²) in [6, 6.07) is 17.5. The first-order valence-corrected chi connectivity index (χ1v) is 9.26. The molecule has 0 saturated carbocycles. The highest BCUT2D eigenvalue weighted by atomic mass is 16.2. The molecule has 3 rings (SSSR count). The maximum atomic E-state index is 12.4. The first-order valence-electron chi connectivity index (χ1n) is 9.26. The van der Waals surface area contributed by atoms with E-state index in [4.69, 9.17) is 0 Å². The van der Waals surface area contributed by atoms with E-state index in [9.17, 15) is 9.59 Å². The van der Waals surface area contributed by atoms with Gasteiger partial charge in [0.2, 0.25) is 11.8 Å². The first-order chi connectivity index (χ1) is 13.0. The van der Waals surface area contributed by atoms with Gasteiger partial charge in [0.05, 0.1) is 0 Å². The van der Waals surface area contributed by atoms with Crippen LogP contribution in [-0.4, -0.2) is 17.9 Å². The van der Waals surface area contributed by atoms with Crippen LogP contribution in [0.5, 0.6) is 0 Å². The van der Waals surface area contributed by atoms with Crippen LogP contribution in [0.25, 0.3) is 0 Å². The number of hydrogen-bond acceptors (Lipinski definition) is 4. The van der Waals surface area contributed by atoms with Crippen LogP contribution >= 0.6 is 0 Å². The Labute approximate surface area is 159 Å². The van der Waals surface area contributed by atoms with Crippen LogP contribution in [-0.2, 0) is 16.1 Å². The Morgan fingerprint density at radius 1 is 1.04 bits per heavy atom. The largest absolute Gasteiger partial charge is 0.351 e. The Morgan fingerprint density at radius 3 is 2.41 bits per heavy atom. The Kier molecular flexibility index (Phi) is 6.21. The zero-order valence-electron chi connectivity index (χ0n) is 15.7. The lowest BCUT2D eigenvalue weighted by molar-refractivity contribution is -0.123. The molecule has 0 aromatic heterocycles. The van der Waals surface area contributed by atoms with Crippen molar-refractivity contribution in [2.24, 2.45) is 5.92 Å². The molecule has 2 aromatic carbocycles. The van der Waals surface area contributed by atoms with Crippen LogP contribution in [0.15, 0.2) is 54.6 Å². The molecular weight excluding hydrogens is 340 g/mol. The number of carbonyl (C=O) groups is 2. The van der Waals surface area contributed by atoms with Crippen molar-refractivity contribution in [2.45, 2.75) is 38.9 Å². The van der Waals surface area contributed by atoms with E-state index in [1.54, 1.807) is 0 Å². The summed E-state index contributed by atoms with van der Waals surface area (Å²) in [7, 11) is 0. The van der Waals surface area contributed by atoms with Crippen LogP contribution in [0.1, 0.15) is 37.4 Å². The lowest BCUT2D eigenvalue weighted by Crippen LogP contribution is -2.42. The van der Waals surface area contributed by atoms with E-state index in [-0.39, 0.29) is 29.8 Å². The maximum Gasteiger partial charge on any atom is 0.238 e. The fourth-order valence-corrected chi connectivity index (χ4v) is 2.94. The van der Waals surface area contributed by atoms with Gasteiger partial charge in [-0.1, -0.05) is 56.3 Å². The Hall–Kier alpha value is -2.70. The molecule has 2 atom stereocenters. The molecule has 2 amide bonds. The van der Waals surface area contributed by atoms with Gasteiger partial charge < -0.3 is 10.6 Å². The predicted octanol–water partition coefficient (Wildman–Crippen LogP) is 2.51. The van der Waals surface area contributed by atoms with Gasteiger partial charge in [-0.15, -0.1) is 0 Å². The SMILES string of the molecule is CC(C)C(=O)Nc1ccc(CNC(=O)C2CC(c3ccccc3)NN2)cc1. The molecule has 1 fully saturated rings. The van der Waals surface area contributed by atoms with Gasteiger partial charge in [-0.2, -0.15) is 0 Å². The Balaban J connectivity index is 1.47. The van der Waals surface area contributed by atoms with Gasteiger partial charge in [0.15, 0.2) is 0 Å². The smallest absolute Gasteiger partial charge is 0.238 e. The molecule has 0 aliphatic carbocycles. The van der Waals surface area contributed by atoms with Gasteiger partial charge in [0.1, 0.15) is 6.04 Å². The third kappa shape index (κ3) is 5.15. The molecular formula is C21H26N4O2. The van der Waals surface area contributed by atoms with E-state index in [0.717, 1.165) is 11.3 Å². The van der Waals surface area contributed by atoms with Crippen molar-refractivity contribution in [3.63, 3.8) is 0 Å². The summed E-state index contributed by atoms with van der Waals surface area (Å²) in [6.45, 7) is 4.16. The monoisotopic (exact) mass is 366 g/mol. The summed E-state index contributed by atoms with van der Waals surface area (Å²) in [5, 5.41) is 5.82. The summed E-state index contributed by atoms with van der Waals surface area (Å²) in [5.74, 6) is -0.0989. The summed E-state index contributed by atoms with van der Waals surface area (Å²) in [6.07, 6.45) is 0.704. The molecule has 1 heterocycles. The van der Waals surface area contributed by atoms with Crippen LogP contribution < -0.4 is 21.5 Å². The number of amides is 2. The van der Waals surface area contributed by atoms with Gasteiger partial charge in [0, 0.05) is 24.2 Å². The van der Waals surface area contributed by atoms with E-state index in [1.165, 1.54) is 5.56 Å². The van der Waals surface area contributed by atoms with Gasteiger partial charge in [-0.05, 0) is 29.7 Å². The van der Waals surface area contributed by atoms with Crippen molar-refractivity contribution in [3.05, 3.63) is 65.7 Å². The topological polar surface area (TPSA) is 82.3 Å². The van der Waals surface area contributed by atoms with Crippen molar-refractivity contribution in [3.8, 4) is 0 Å². The third-order valence-electron chi connectivity index (χ3n) is 4.63. The minimum atomic E-state index is -0.264. The Bertz CT molecular complexity index is 775. The van der Waals surface area contributed by atoms with Crippen molar-refractivity contribution >= 4 is 17.5 Å². The standard InChI is InChI=1S/C21H26N4O2/c1-14(2)20(26)23-17-10-8-15(9-11-17)13-22-21(27)19-12-18(24-25-19)16-6-4-3-5-7-16/h3-11,14,18-19,24-25H,12-13H2,1-2H3,(H,22,27)(H,23,26). The van der Waals surface area contributed by atoms with E-state index in [1.807, 2.05) is 56.3 Å². The van der Waals surface area contributed by atoms with Gasteiger partial charge in [-0.25, -0.2) is 10.9 Å². The molecule has 2 unspecified atom stereocenters. The number of hydrogen-bond donors (Lipinski definition) is 4. The van der Waals surface area contributed by atoms with E-state index < -0.39 is 0 Å². The normalized spacial score (nSPS) is 19.1. The molecule has 6 nitrogen and oxygen atoms in total. The second-order valence-corrected chi connectivity index (χ2v) is 7.10. The van der Waals surface area contributed by atoms with Crippen molar-refractivity contribution < 1.29 is 9.59 Å². The molecule has 0 radical (unpaired) electrons. The first kappa shape index (κ1) is 19.1. The molecule has 27 heavy (non-hydrogen) atoms. The quantitative estimate of drug-likeness (QED) is 0.633. The summed E-state index contributed by atoms with van der Waals surface area (Å²) in [5.41, 5.74) is 9.17. The van der Waals surface area contributed by atoms with Gasteiger partial charge in [0.25, 0.3) is 0 Å².